The first kappa shape index (κ1) is 15.8. The van der Waals surface area contributed by atoms with E-state index in [2.05, 4.69) is 16.8 Å². The molecule has 0 unspecified atom stereocenters. The van der Waals surface area contributed by atoms with Crippen LogP contribution in [0.15, 0.2) is 18.2 Å². The Bertz CT molecular complexity index is 457. The summed E-state index contributed by atoms with van der Waals surface area (Å²) in [6.45, 7) is 6.20. The number of methoxy groups -OCH3 is 1. The van der Waals surface area contributed by atoms with Gasteiger partial charge in [0.05, 0.1) is 13.7 Å². The Kier molecular flexibility index (Phi) is 6.02. The van der Waals surface area contributed by atoms with Crippen LogP contribution >= 0.6 is 0 Å². The second kappa shape index (κ2) is 8.00. The van der Waals surface area contributed by atoms with Gasteiger partial charge in [-0.25, -0.2) is 0 Å². The largest absolute Gasteiger partial charge is 0.493 e. The van der Waals surface area contributed by atoms with Crippen molar-refractivity contribution >= 4 is 6.29 Å². The van der Waals surface area contributed by atoms with Gasteiger partial charge >= 0.3 is 0 Å². The summed E-state index contributed by atoms with van der Waals surface area (Å²) in [6.07, 6.45) is 1.79. The van der Waals surface area contributed by atoms with Crippen LogP contribution in [-0.2, 0) is 0 Å². The van der Waals surface area contributed by atoms with Crippen molar-refractivity contribution in [2.45, 2.75) is 6.42 Å². The van der Waals surface area contributed by atoms with E-state index >= 15 is 0 Å². The number of rotatable bonds is 7. The molecule has 1 fully saturated rings. The summed E-state index contributed by atoms with van der Waals surface area (Å²) < 4.78 is 11.0. The Morgan fingerprint density at radius 3 is 2.62 bits per heavy atom. The second-order valence-corrected chi connectivity index (χ2v) is 5.38. The highest BCUT2D eigenvalue weighted by Crippen LogP contribution is 2.27. The predicted octanol–water partition coefficient (Wildman–Crippen LogP) is 1.52. The molecule has 116 valence electrons. The third-order valence-electron chi connectivity index (χ3n) is 3.80. The van der Waals surface area contributed by atoms with Crippen molar-refractivity contribution in [3.63, 3.8) is 0 Å². The highest BCUT2D eigenvalue weighted by Gasteiger charge is 2.13. The molecule has 0 aromatic heterocycles. The zero-order chi connectivity index (χ0) is 15.1. The number of carbonyl (C=O) groups is 1. The van der Waals surface area contributed by atoms with E-state index in [9.17, 15) is 4.79 Å². The molecule has 1 saturated heterocycles. The predicted molar refractivity (Wildman–Crippen MR) is 82.4 cm³/mol. The Hall–Kier alpha value is -1.59. The van der Waals surface area contributed by atoms with E-state index in [0.29, 0.717) is 23.7 Å². The molecule has 1 heterocycles. The highest BCUT2D eigenvalue weighted by atomic mass is 16.5. The molecular weight excluding hydrogens is 268 g/mol. The van der Waals surface area contributed by atoms with Gasteiger partial charge in [-0.3, -0.25) is 4.79 Å². The van der Waals surface area contributed by atoms with Crippen LogP contribution in [0.25, 0.3) is 0 Å². The third kappa shape index (κ3) is 4.72. The van der Waals surface area contributed by atoms with Crippen molar-refractivity contribution in [2.75, 3.05) is 53.5 Å². The molecule has 0 N–H and O–H groups in total. The summed E-state index contributed by atoms with van der Waals surface area (Å²) in [5, 5.41) is 0. The number of hydrogen-bond donors (Lipinski definition) is 0. The van der Waals surface area contributed by atoms with Crippen LogP contribution in [0.1, 0.15) is 16.8 Å². The summed E-state index contributed by atoms with van der Waals surface area (Å²) in [6, 6.07) is 5.21. The maximum atomic E-state index is 10.8. The van der Waals surface area contributed by atoms with Gasteiger partial charge in [-0.15, -0.1) is 0 Å². The quantitative estimate of drug-likeness (QED) is 0.563. The summed E-state index contributed by atoms with van der Waals surface area (Å²) >= 11 is 0. The van der Waals surface area contributed by atoms with E-state index in [4.69, 9.17) is 9.47 Å². The molecule has 5 nitrogen and oxygen atoms in total. The lowest BCUT2D eigenvalue weighted by atomic mass is 10.2. The molecule has 0 aliphatic carbocycles. The zero-order valence-electron chi connectivity index (χ0n) is 12.9. The maximum absolute atomic E-state index is 10.8. The highest BCUT2D eigenvalue weighted by molar-refractivity contribution is 5.76. The number of carbonyl (C=O) groups excluding carboxylic acids is 1. The van der Waals surface area contributed by atoms with E-state index < -0.39 is 0 Å². The lowest BCUT2D eigenvalue weighted by Crippen LogP contribution is -2.44. The van der Waals surface area contributed by atoms with Crippen molar-refractivity contribution in [3.8, 4) is 11.5 Å². The van der Waals surface area contributed by atoms with Crippen molar-refractivity contribution in [1.29, 1.82) is 0 Å². The average molecular weight is 292 g/mol. The maximum Gasteiger partial charge on any atom is 0.161 e. The van der Waals surface area contributed by atoms with Gasteiger partial charge in [-0.05, 0) is 31.7 Å². The van der Waals surface area contributed by atoms with Gasteiger partial charge in [-0.2, -0.15) is 0 Å². The van der Waals surface area contributed by atoms with Gasteiger partial charge in [0.1, 0.15) is 6.29 Å². The molecule has 1 aliphatic rings. The third-order valence-corrected chi connectivity index (χ3v) is 3.80. The topological polar surface area (TPSA) is 42.0 Å². The summed E-state index contributed by atoms with van der Waals surface area (Å²) in [5.41, 5.74) is 0.602. The van der Waals surface area contributed by atoms with Crippen molar-refractivity contribution < 1.29 is 14.3 Å². The Balaban J connectivity index is 1.76. The van der Waals surface area contributed by atoms with E-state index in [1.807, 2.05) is 0 Å². The lowest BCUT2D eigenvalue weighted by molar-refractivity contribution is 0.112. The molecule has 0 bridgehead atoms. The molecule has 0 amide bonds. The SMILES string of the molecule is COc1ccc(C=O)cc1OCCCN1CCN(C)CC1. The number of aldehydes is 1. The molecule has 0 spiro atoms. The van der Waals surface area contributed by atoms with Crippen molar-refractivity contribution in [3.05, 3.63) is 23.8 Å². The fourth-order valence-electron chi connectivity index (χ4n) is 2.42. The molecule has 0 atom stereocenters. The Labute approximate surface area is 126 Å². The molecule has 1 aliphatic heterocycles. The normalized spacial score (nSPS) is 16.7. The molecule has 0 radical (unpaired) electrons. The fourth-order valence-corrected chi connectivity index (χ4v) is 2.42. The van der Waals surface area contributed by atoms with Crippen LogP contribution in [0.4, 0.5) is 0 Å². The fraction of sp³-hybridized carbons (Fsp3) is 0.562. The minimum absolute atomic E-state index is 0.602. The van der Waals surface area contributed by atoms with E-state index in [1.165, 1.54) is 0 Å². The Morgan fingerprint density at radius 1 is 1.19 bits per heavy atom. The zero-order valence-corrected chi connectivity index (χ0v) is 12.9. The minimum atomic E-state index is 0.602. The van der Waals surface area contributed by atoms with Crippen LogP contribution in [0.5, 0.6) is 11.5 Å². The molecule has 5 heteroatoms. The molecule has 1 aromatic carbocycles. The minimum Gasteiger partial charge on any atom is -0.493 e. The first-order chi connectivity index (χ1) is 10.2. The second-order valence-electron chi connectivity index (χ2n) is 5.38. The average Bonchev–Trinajstić information content (AvgIpc) is 2.53. The molecule has 0 saturated carbocycles. The van der Waals surface area contributed by atoms with Crippen molar-refractivity contribution in [2.24, 2.45) is 0 Å². The van der Waals surface area contributed by atoms with Gasteiger partial charge in [0, 0.05) is 38.3 Å². The smallest absolute Gasteiger partial charge is 0.161 e. The van der Waals surface area contributed by atoms with Gasteiger partial charge < -0.3 is 19.3 Å². The van der Waals surface area contributed by atoms with Crippen LogP contribution in [0, 0.1) is 0 Å². The van der Waals surface area contributed by atoms with Crippen molar-refractivity contribution in [1.82, 2.24) is 9.80 Å². The standard InChI is InChI=1S/C16H24N2O3/c1-17-7-9-18(10-8-17)6-3-11-21-16-12-14(13-19)4-5-15(16)20-2/h4-5,12-13H,3,6-11H2,1-2H3. The molecular formula is C16H24N2O3. The first-order valence-corrected chi connectivity index (χ1v) is 7.40. The van der Waals surface area contributed by atoms with Gasteiger partial charge in [-0.1, -0.05) is 0 Å². The van der Waals surface area contributed by atoms with Crippen LogP contribution in [0.3, 0.4) is 0 Å². The van der Waals surface area contributed by atoms with Gasteiger partial charge in [0.2, 0.25) is 0 Å². The van der Waals surface area contributed by atoms with Gasteiger partial charge in [0.25, 0.3) is 0 Å². The number of nitrogens with zero attached hydrogens (tertiary/aromatic N) is 2. The molecule has 1 aromatic rings. The number of hydrogen-bond acceptors (Lipinski definition) is 5. The summed E-state index contributed by atoms with van der Waals surface area (Å²) in [4.78, 5) is 15.6. The van der Waals surface area contributed by atoms with Gasteiger partial charge in [0.15, 0.2) is 11.5 Å². The number of likely N-dealkylation sites (N-methyl/N-ethyl adjacent to an activating group) is 1. The number of piperazine rings is 1. The van der Waals surface area contributed by atoms with Crippen LogP contribution in [-0.4, -0.2) is 69.6 Å². The molecule has 21 heavy (non-hydrogen) atoms. The monoisotopic (exact) mass is 292 g/mol. The Morgan fingerprint density at radius 2 is 1.95 bits per heavy atom. The van der Waals surface area contributed by atoms with E-state index in [1.54, 1.807) is 25.3 Å². The van der Waals surface area contributed by atoms with E-state index in [-0.39, 0.29) is 0 Å². The first-order valence-electron chi connectivity index (χ1n) is 7.40. The van der Waals surface area contributed by atoms with Crippen LogP contribution < -0.4 is 9.47 Å². The number of benzene rings is 1. The summed E-state index contributed by atoms with van der Waals surface area (Å²) in [7, 11) is 3.76. The van der Waals surface area contributed by atoms with E-state index in [0.717, 1.165) is 45.4 Å². The van der Waals surface area contributed by atoms with Crippen LogP contribution in [0.2, 0.25) is 0 Å². The summed E-state index contributed by atoms with van der Waals surface area (Å²) in [5.74, 6) is 1.31. The molecule has 2 rings (SSSR count). The number of ether oxygens (including phenoxy) is 2. The lowest BCUT2D eigenvalue weighted by Gasteiger charge is -2.32.